The van der Waals surface area contributed by atoms with E-state index in [2.05, 4.69) is 0 Å². The summed E-state index contributed by atoms with van der Waals surface area (Å²) in [4.78, 5) is 42.6. The van der Waals surface area contributed by atoms with E-state index < -0.39 is 11.7 Å². The second-order valence-electron chi connectivity index (χ2n) is 8.29. The highest BCUT2D eigenvalue weighted by Gasteiger charge is 2.41. The van der Waals surface area contributed by atoms with Crippen LogP contribution in [0.5, 0.6) is 0 Å². The van der Waals surface area contributed by atoms with Gasteiger partial charge in [-0.25, -0.2) is 4.39 Å². The van der Waals surface area contributed by atoms with Crippen molar-refractivity contribution in [1.82, 2.24) is 14.7 Å². The molecule has 152 valence electrons. The quantitative estimate of drug-likeness (QED) is 0.753. The van der Waals surface area contributed by atoms with Crippen molar-refractivity contribution in [2.75, 3.05) is 32.7 Å². The van der Waals surface area contributed by atoms with E-state index in [1.54, 1.807) is 9.80 Å². The summed E-state index contributed by atoms with van der Waals surface area (Å²) in [5, 5.41) is 0.0789. The Hall–Kier alpha value is -2.15. The number of likely N-dealkylation sites (tertiary alicyclic amines) is 1. The van der Waals surface area contributed by atoms with E-state index in [4.69, 9.17) is 11.6 Å². The fraction of sp³-hybridized carbons (Fsp3) is 0.550. The van der Waals surface area contributed by atoms with Crippen molar-refractivity contribution in [3.05, 3.63) is 34.6 Å². The topological polar surface area (TPSA) is 60.9 Å². The average Bonchev–Trinajstić information content (AvgIpc) is 3.03. The van der Waals surface area contributed by atoms with E-state index in [9.17, 15) is 18.8 Å². The zero-order valence-electron chi connectivity index (χ0n) is 16.4. The molecule has 0 N–H and O–H groups in total. The van der Waals surface area contributed by atoms with E-state index in [-0.39, 0.29) is 40.3 Å². The first-order chi connectivity index (χ1) is 13.1. The number of piperazine rings is 1. The molecule has 1 atom stereocenters. The lowest BCUT2D eigenvalue weighted by Gasteiger charge is -2.36. The van der Waals surface area contributed by atoms with Gasteiger partial charge in [-0.05, 0) is 32.9 Å². The SMILES string of the molecule is CC(C)(C)N1CC(C(=O)N2CCN(C(=O)c3c(F)cccc3Cl)CC2)CC1=O. The monoisotopic (exact) mass is 409 g/mol. The highest BCUT2D eigenvalue weighted by atomic mass is 35.5. The average molecular weight is 410 g/mol. The number of benzene rings is 1. The van der Waals surface area contributed by atoms with E-state index >= 15 is 0 Å². The van der Waals surface area contributed by atoms with E-state index in [1.165, 1.54) is 23.1 Å². The molecule has 0 spiro atoms. The number of carbonyl (C=O) groups excluding carboxylic acids is 3. The second kappa shape index (κ2) is 7.70. The van der Waals surface area contributed by atoms with Gasteiger partial charge in [0.15, 0.2) is 0 Å². The van der Waals surface area contributed by atoms with Crippen molar-refractivity contribution in [3.8, 4) is 0 Å². The molecule has 0 aromatic heterocycles. The smallest absolute Gasteiger partial charge is 0.258 e. The molecule has 0 saturated carbocycles. The molecule has 2 aliphatic heterocycles. The largest absolute Gasteiger partial charge is 0.339 e. The third-order valence-corrected chi connectivity index (χ3v) is 5.65. The molecule has 28 heavy (non-hydrogen) atoms. The van der Waals surface area contributed by atoms with Gasteiger partial charge in [0.2, 0.25) is 11.8 Å². The molecule has 1 unspecified atom stereocenters. The summed E-state index contributed by atoms with van der Waals surface area (Å²) in [6, 6.07) is 4.14. The van der Waals surface area contributed by atoms with Gasteiger partial charge < -0.3 is 14.7 Å². The van der Waals surface area contributed by atoms with Gasteiger partial charge in [0.1, 0.15) is 5.82 Å². The van der Waals surface area contributed by atoms with Gasteiger partial charge in [-0.2, -0.15) is 0 Å². The zero-order valence-corrected chi connectivity index (χ0v) is 17.1. The van der Waals surface area contributed by atoms with Crippen LogP contribution in [0.2, 0.25) is 5.02 Å². The molecule has 0 aliphatic carbocycles. The van der Waals surface area contributed by atoms with Gasteiger partial charge >= 0.3 is 0 Å². The number of amides is 3. The Morgan fingerprint density at radius 3 is 2.25 bits per heavy atom. The summed E-state index contributed by atoms with van der Waals surface area (Å²) >= 11 is 5.98. The Morgan fingerprint density at radius 1 is 1.11 bits per heavy atom. The summed E-state index contributed by atoms with van der Waals surface area (Å²) in [5.74, 6) is -1.53. The van der Waals surface area contributed by atoms with Gasteiger partial charge in [0, 0.05) is 44.7 Å². The first-order valence-electron chi connectivity index (χ1n) is 9.42. The normalized spacial score (nSPS) is 20.7. The molecule has 2 aliphatic rings. The minimum atomic E-state index is -0.650. The molecular formula is C20H25ClFN3O3. The van der Waals surface area contributed by atoms with Gasteiger partial charge in [-0.3, -0.25) is 14.4 Å². The standard InChI is InChI=1S/C20H25ClFN3O3/c1-20(2,3)25-12-13(11-16(25)26)18(27)23-7-9-24(10-8-23)19(28)17-14(21)5-4-6-15(17)22/h4-6,13H,7-12H2,1-3H3. The van der Waals surface area contributed by atoms with Crippen LogP contribution < -0.4 is 0 Å². The summed E-state index contributed by atoms with van der Waals surface area (Å²) < 4.78 is 14.0. The summed E-state index contributed by atoms with van der Waals surface area (Å²) in [6.45, 7) is 7.61. The number of hydrogen-bond acceptors (Lipinski definition) is 3. The minimum absolute atomic E-state index is 0.00569. The van der Waals surface area contributed by atoms with Crippen LogP contribution in [0.1, 0.15) is 37.6 Å². The number of nitrogens with zero attached hydrogens (tertiary/aromatic N) is 3. The Kier molecular flexibility index (Phi) is 5.66. The number of rotatable bonds is 2. The lowest BCUT2D eigenvalue weighted by atomic mass is 10.1. The van der Waals surface area contributed by atoms with Crippen LogP contribution in [-0.4, -0.2) is 70.7 Å². The molecule has 3 rings (SSSR count). The number of halogens is 2. The van der Waals surface area contributed by atoms with Gasteiger partial charge in [0.25, 0.3) is 5.91 Å². The molecule has 0 bridgehead atoms. The summed E-state index contributed by atoms with van der Waals surface area (Å²) in [7, 11) is 0. The fourth-order valence-corrected chi connectivity index (χ4v) is 4.01. The molecular weight excluding hydrogens is 385 g/mol. The molecule has 2 saturated heterocycles. The van der Waals surface area contributed by atoms with Crippen molar-refractivity contribution >= 4 is 29.3 Å². The lowest BCUT2D eigenvalue weighted by molar-refractivity contribution is -0.137. The molecule has 1 aromatic carbocycles. The molecule has 8 heteroatoms. The Bertz CT molecular complexity index is 780. The first-order valence-corrected chi connectivity index (χ1v) is 9.80. The molecule has 2 heterocycles. The molecule has 1 aromatic rings. The maximum atomic E-state index is 14.0. The van der Waals surface area contributed by atoms with Crippen molar-refractivity contribution in [2.24, 2.45) is 5.92 Å². The van der Waals surface area contributed by atoms with Gasteiger partial charge in [0.05, 0.1) is 16.5 Å². The lowest BCUT2D eigenvalue weighted by Crippen LogP contribution is -2.52. The van der Waals surface area contributed by atoms with Crippen LogP contribution in [0.25, 0.3) is 0 Å². The van der Waals surface area contributed by atoms with Crippen molar-refractivity contribution in [2.45, 2.75) is 32.7 Å². The third-order valence-electron chi connectivity index (χ3n) is 5.34. The highest BCUT2D eigenvalue weighted by Crippen LogP contribution is 2.28. The highest BCUT2D eigenvalue weighted by molar-refractivity contribution is 6.33. The van der Waals surface area contributed by atoms with Crippen molar-refractivity contribution < 1.29 is 18.8 Å². The summed E-state index contributed by atoms with van der Waals surface area (Å²) in [5.41, 5.74) is -0.442. The van der Waals surface area contributed by atoms with E-state index in [0.717, 1.165) is 0 Å². The zero-order chi connectivity index (χ0) is 20.6. The fourth-order valence-electron chi connectivity index (χ4n) is 3.77. The maximum Gasteiger partial charge on any atom is 0.258 e. The van der Waals surface area contributed by atoms with Crippen LogP contribution in [0.4, 0.5) is 4.39 Å². The van der Waals surface area contributed by atoms with E-state index in [0.29, 0.717) is 32.7 Å². The van der Waals surface area contributed by atoms with Gasteiger partial charge in [-0.1, -0.05) is 17.7 Å². The van der Waals surface area contributed by atoms with Crippen molar-refractivity contribution in [1.29, 1.82) is 0 Å². The molecule has 0 radical (unpaired) electrons. The van der Waals surface area contributed by atoms with Crippen molar-refractivity contribution in [3.63, 3.8) is 0 Å². The van der Waals surface area contributed by atoms with Crippen LogP contribution >= 0.6 is 11.6 Å². The Morgan fingerprint density at radius 2 is 1.71 bits per heavy atom. The Balaban J connectivity index is 1.61. The van der Waals surface area contributed by atoms with Crippen LogP contribution in [0.15, 0.2) is 18.2 Å². The predicted octanol–water partition coefficient (Wildman–Crippen LogP) is 2.41. The Labute approximate surface area is 169 Å². The van der Waals surface area contributed by atoms with Crippen LogP contribution in [0, 0.1) is 11.7 Å². The summed E-state index contributed by atoms with van der Waals surface area (Å²) in [6.07, 6.45) is 0.222. The first kappa shape index (κ1) is 20.6. The third kappa shape index (κ3) is 3.99. The van der Waals surface area contributed by atoms with E-state index in [1.807, 2.05) is 20.8 Å². The minimum Gasteiger partial charge on any atom is -0.339 e. The molecule has 3 amide bonds. The number of hydrogen-bond donors (Lipinski definition) is 0. The molecule has 6 nitrogen and oxygen atoms in total. The number of carbonyl (C=O) groups is 3. The maximum absolute atomic E-state index is 14.0. The molecule has 2 fully saturated rings. The predicted molar refractivity (Wildman–Crippen MR) is 103 cm³/mol. The van der Waals surface area contributed by atoms with Crippen LogP contribution in [-0.2, 0) is 9.59 Å². The second-order valence-corrected chi connectivity index (χ2v) is 8.70. The van der Waals surface area contributed by atoms with Crippen LogP contribution in [0.3, 0.4) is 0 Å². The van der Waals surface area contributed by atoms with Gasteiger partial charge in [-0.15, -0.1) is 0 Å².